The van der Waals surface area contributed by atoms with Gasteiger partial charge in [0.15, 0.2) is 0 Å². The molecule has 2 heterocycles. The molecular weight excluding hydrogens is 271 g/mol. The number of H-pyrrole nitrogens is 1. The highest BCUT2D eigenvalue weighted by molar-refractivity contribution is 5.75. The molecule has 0 radical (unpaired) electrons. The highest BCUT2D eigenvalue weighted by Gasteiger charge is 2.29. The molecule has 1 aromatic heterocycles. The maximum Gasteiger partial charge on any atom is 0.318 e. The molecule has 21 heavy (non-hydrogen) atoms. The number of benzene rings is 1. The van der Waals surface area contributed by atoms with Crippen molar-refractivity contribution >= 4 is 6.03 Å². The van der Waals surface area contributed by atoms with E-state index in [9.17, 15) is 9.18 Å². The average Bonchev–Trinajstić information content (AvgIpc) is 3.17. The van der Waals surface area contributed by atoms with Crippen LogP contribution in [-0.2, 0) is 6.54 Å². The molecule has 0 bridgehead atoms. The van der Waals surface area contributed by atoms with Crippen molar-refractivity contribution in [1.29, 1.82) is 0 Å². The molecule has 1 aromatic carbocycles. The average molecular weight is 288 g/mol. The predicted molar refractivity (Wildman–Crippen MR) is 75.9 cm³/mol. The van der Waals surface area contributed by atoms with Crippen molar-refractivity contribution in [2.75, 3.05) is 6.54 Å². The molecule has 0 spiro atoms. The van der Waals surface area contributed by atoms with Crippen LogP contribution in [0.1, 0.15) is 30.1 Å². The lowest BCUT2D eigenvalue weighted by Gasteiger charge is -2.25. The molecule has 1 saturated heterocycles. The zero-order valence-corrected chi connectivity index (χ0v) is 11.6. The largest absolute Gasteiger partial charge is 0.332 e. The highest BCUT2D eigenvalue weighted by atomic mass is 19.1. The molecule has 1 unspecified atom stereocenters. The number of likely N-dealkylation sites (tertiary alicyclic amines) is 1. The van der Waals surface area contributed by atoms with E-state index in [-0.39, 0.29) is 17.9 Å². The molecule has 5 nitrogen and oxygen atoms in total. The van der Waals surface area contributed by atoms with Crippen LogP contribution in [0.3, 0.4) is 0 Å². The molecule has 1 atom stereocenters. The second kappa shape index (κ2) is 5.95. The van der Waals surface area contributed by atoms with Gasteiger partial charge < -0.3 is 10.2 Å². The van der Waals surface area contributed by atoms with Crippen LogP contribution < -0.4 is 5.32 Å². The second-order valence-electron chi connectivity index (χ2n) is 5.14. The maximum absolute atomic E-state index is 13.0. The first-order valence-corrected chi connectivity index (χ1v) is 7.02. The lowest BCUT2D eigenvalue weighted by molar-refractivity contribution is 0.192. The summed E-state index contributed by atoms with van der Waals surface area (Å²) in [5.41, 5.74) is 1.84. The summed E-state index contributed by atoms with van der Waals surface area (Å²) in [5.74, 6) is -0.257. The van der Waals surface area contributed by atoms with E-state index in [1.54, 1.807) is 18.3 Å². The monoisotopic (exact) mass is 288 g/mol. The van der Waals surface area contributed by atoms with Crippen molar-refractivity contribution in [3.8, 4) is 0 Å². The number of hydrogen-bond acceptors (Lipinski definition) is 2. The molecule has 3 rings (SSSR count). The summed E-state index contributed by atoms with van der Waals surface area (Å²) in [6.07, 6.45) is 3.52. The molecule has 1 fully saturated rings. The fourth-order valence-electron chi connectivity index (χ4n) is 2.70. The number of halogens is 1. The van der Waals surface area contributed by atoms with Gasteiger partial charge in [0.1, 0.15) is 5.82 Å². The molecule has 0 aliphatic carbocycles. The Balaban J connectivity index is 1.65. The molecule has 1 aliphatic heterocycles. The first-order chi connectivity index (χ1) is 10.2. The van der Waals surface area contributed by atoms with Crippen LogP contribution in [0.25, 0.3) is 0 Å². The van der Waals surface area contributed by atoms with Crippen LogP contribution >= 0.6 is 0 Å². The molecule has 2 amide bonds. The van der Waals surface area contributed by atoms with Crippen LogP contribution in [0, 0.1) is 5.82 Å². The van der Waals surface area contributed by atoms with Crippen LogP contribution in [0.2, 0.25) is 0 Å². The van der Waals surface area contributed by atoms with Crippen molar-refractivity contribution < 1.29 is 9.18 Å². The van der Waals surface area contributed by atoms with Crippen molar-refractivity contribution in [2.45, 2.75) is 25.4 Å². The SMILES string of the molecule is O=C(NCc1ccn[nH]1)N1CCCC1c1ccc(F)cc1. The number of rotatable bonds is 3. The third-order valence-electron chi connectivity index (χ3n) is 3.76. The Morgan fingerprint density at radius 3 is 2.90 bits per heavy atom. The Morgan fingerprint density at radius 2 is 2.19 bits per heavy atom. The number of urea groups is 1. The minimum Gasteiger partial charge on any atom is -0.332 e. The van der Waals surface area contributed by atoms with E-state index in [4.69, 9.17) is 0 Å². The third kappa shape index (κ3) is 3.04. The fourth-order valence-corrected chi connectivity index (χ4v) is 2.70. The summed E-state index contributed by atoms with van der Waals surface area (Å²) in [6, 6.07) is 8.12. The summed E-state index contributed by atoms with van der Waals surface area (Å²) in [6.45, 7) is 1.14. The number of nitrogens with one attached hydrogen (secondary N) is 2. The lowest BCUT2D eigenvalue weighted by atomic mass is 10.0. The van der Waals surface area contributed by atoms with E-state index in [2.05, 4.69) is 15.5 Å². The number of nitrogens with zero attached hydrogens (tertiary/aromatic N) is 2. The first kappa shape index (κ1) is 13.6. The van der Waals surface area contributed by atoms with Gasteiger partial charge in [0.05, 0.1) is 18.3 Å². The van der Waals surface area contributed by atoms with E-state index in [0.717, 1.165) is 30.6 Å². The molecule has 6 heteroatoms. The van der Waals surface area contributed by atoms with Crippen LogP contribution in [0.15, 0.2) is 36.5 Å². The molecule has 0 saturated carbocycles. The lowest BCUT2D eigenvalue weighted by Crippen LogP contribution is -2.39. The van der Waals surface area contributed by atoms with Gasteiger partial charge in [-0.2, -0.15) is 5.10 Å². The summed E-state index contributed by atoms with van der Waals surface area (Å²) < 4.78 is 13.0. The Hall–Kier alpha value is -2.37. The number of amides is 2. The van der Waals surface area contributed by atoms with E-state index < -0.39 is 0 Å². The van der Waals surface area contributed by atoms with Gasteiger partial charge in [0.2, 0.25) is 0 Å². The summed E-state index contributed by atoms with van der Waals surface area (Å²) >= 11 is 0. The first-order valence-electron chi connectivity index (χ1n) is 7.02. The minimum atomic E-state index is -0.257. The smallest absolute Gasteiger partial charge is 0.318 e. The van der Waals surface area contributed by atoms with E-state index in [0.29, 0.717) is 6.54 Å². The van der Waals surface area contributed by atoms with Crippen LogP contribution in [0.5, 0.6) is 0 Å². The van der Waals surface area contributed by atoms with Crippen molar-refractivity contribution in [3.63, 3.8) is 0 Å². The molecule has 110 valence electrons. The van der Waals surface area contributed by atoms with Gasteiger partial charge in [-0.3, -0.25) is 5.10 Å². The topological polar surface area (TPSA) is 61.0 Å². The van der Waals surface area contributed by atoms with Crippen LogP contribution in [-0.4, -0.2) is 27.7 Å². The van der Waals surface area contributed by atoms with Crippen molar-refractivity contribution in [2.24, 2.45) is 0 Å². The standard InChI is InChI=1S/C15H17FN4O/c16-12-5-3-11(4-6-12)14-2-1-9-20(14)15(21)17-10-13-7-8-18-19-13/h3-8,14H,1-2,9-10H2,(H,17,21)(H,18,19). The zero-order chi connectivity index (χ0) is 14.7. The maximum atomic E-state index is 13.0. The van der Waals surface area contributed by atoms with E-state index in [1.165, 1.54) is 12.1 Å². The van der Waals surface area contributed by atoms with Gasteiger partial charge in [-0.15, -0.1) is 0 Å². The van der Waals surface area contributed by atoms with Gasteiger partial charge in [-0.25, -0.2) is 9.18 Å². The second-order valence-corrected chi connectivity index (χ2v) is 5.14. The van der Waals surface area contributed by atoms with Crippen molar-refractivity contribution in [3.05, 3.63) is 53.6 Å². The number of aromatic amines is 1. The van der Waals surface area contributed by atoms with Gasteiger partial charge in [0.25, 0.3) is 0 Å². The fraction of sp³-hybridized carbons (Fsp3) is 0.333. The quantitative estimate of drug-likeness (QED) is 0.912. The molecule has 1 aliphatic rings. The summed E-state index contributed by atoms with van der Waals surface area (Å²) in [5, 5.41) is 9.53. The number of carbonyl (C=O) groups is 1. The Morgan fingerprint density at radius 1 is 1.38 bits per heavy atom. The van der Waals surface area contributed by atoms with E-state index >= 15 is 0 Å². The highest BCUT2D eigenvalue weighted by Crippen LogP contribution is 2.31. The van der Waals surface area contributed by atoms with Crippen LogP contribution in [0.4, 0.5) is 9.18 Å². The molecular formula is C15H17FN4O. The zero-order valence-electron chi connectivity index (χ0n) is 11.6. The number of hydrogen-bond donors (Lipinski definition) is 2. The number of carbonyl (C=O) groups excluding carboxylic acids is 1. The van der Waals surface area contributed by atoms with Gasteiger partial charge in [-0.05, 0) is 36.6 Å². The Labute approximate surface area is 122 Å². The Kier molecular flexibility index (Phi) is 3.85. The Bertz CT molecular complexity index is 597. The molecule has 2 aromatic rings. The molecule has 2 N–H and O–H groups in total. The summed E-state index contributed by atoms with van der Waals surface area (Å²) in [4.78, 5) is 14.1. The van der Waals surface area contributed by atoms with Gasteiger partial charge >= 0.3 is 6.03 Å². The predicted octanol–water partition coefficient (Wildman–Crippen LogP) is 2.60. The number of aromatic nitrogens is 2. The minimum absolute atomic E-state index is 0.0207. The van der Waals surface area contributed by atoms with Gasteiger partial charge in [0, 0.05) is 12.7 Å². The van der Waals surface area contributed by atoms with Gasteiger partial charge in [-0.1, -0.05) is 12.1 Å². The third-order valence-corrected chi connectivity index (χ3v) is 3.76. The van der Waals surface area contributed by atoms with E-state index in [1.807, 2.05) is 11.0 Å². The normalized spacial score (nSPS) is 18.0. The summed E-state index contributed by atoms with van der Waals surface area (Å²) in [7, 11) is 0. The van der Waals surface area contributed by atoms with Crippen molar-refractivity contribution in [1.82, 2.24) is 20.4 Å².